The predicted molar refractivity (Wildman–Crippen MR) is 67.1 cm³/mol. The molecule has 0 aliphatic heterocycles. The minimum absolute atomic E-state index is 0.0111. The third-order valence-corrected chi connectivity index (χ3v) is 3.73. The van der Waals surface area contributed by atoms with Crippen molar-refractivity contribution in [2.45, 2.75) is 11.3 Å². The Kier molecular flexibility index (Phi) is 5.09. The number of benzene rings is 1. The van der Waals surface area contributed by atoms with Gasteiger partial charge in [0.25, 0.3) is 0 Å². The molecule has 18 heavy (non-hydrogen) atoms. The molecule has 6 nitrogen and oxygen atoms in total. The number of rotatable bonds is 5. The highest BCUT2D eigenvalue weighted by atomic mass is 35.5. The number of hydrogen-bond acceptors (Lipinski definition) is 4. The number of halogens is 1. The standard InChI is InChI=1S/C10H10ClN3O3S/c11-8-1-3-10(4-2-8)18(16,17)14-6-5-9(15)7-13-12/h1-4,7,14H,5-6H2/p+1. The van der Waals surface area contributed by atoms with Crippen LogP contribution in [0.3, 0.4) is 0 Å². The summed E-state index contributed by atoms with van der Waals surface area (Å²) in [6.07, 6.45) is 0.855. The van der Waals surface area contributed by atoms with E-state index < -0.39 is 10.0 Å². The first kappa shape index (κ1) is 14.4. The van der Waals surface area contributed by atoms with E-state index in [0.717, 1.165) is 6.20 Å². The molecule has 8 heteroatoms. The Balaban J connectivity index is 2.64. The summed E-state index contributed by atoms with van der Waals surface area (Å²) in [7, 11) is -3.63. The maximum Gasteiger partial charge on any atom is 0.387 e. The number of sulfonamides is 1. The molecular weight excluding hydrogens is 278 g/mol. The zero-order chi connectivity index (χ0) is 13.6. The van der Waals surface area contributed by atoms with Crippen molar-refractivity contribution in [1.82, 2.24) is 4.72 Å². The zero-order valence-electron chi connectivity index (χ0n) is 9.25. The average Bonchev–Trinajstić information content (AvgIpc) is 2.29. The van der Waals surface area contributed by atoms with Crippen LogP contribution in [0.4, 0.5) is 0 Å². The predicted octanol–water partition coefficient (Wildman–Crippen LogP) is 2.26. The first-order valence-electron chi connectivity index (χ1n) is 4.93. The van der Waals surface area contributed by atoms with E-state index in [0.29, 0.717) is 5.02 Å². The first-order valence-corrected chi connectivity index (χ1v) is 6.79. The van der Waals surface area contributed by atoms with Crippen molar-refractivity contribution >= 4 is 21.6 Å². The van der Waals surface area contributed by atoms with E-state index in [1.54, 1.807) is 0 Å². The summed E-state index contributed by atoms with van der Waals surface area (Å²) in [5.74, 6) is -0.226. The van der Waals surface area contributed by atoms with E-state index in [2.05, 4.69) is 9.70 Å². The Hall–Kier alpha value is -1.62. The molecule has 0 spiro atoms. The van der Waals surface area contributed by atoms with Gasteiger partial charge in [-0.05, 0) is 24.3 Å². The van der Waals surface area contributed by atoms with Crippen molar-refractivity contribution < 1.29 is 13.5 Å². The second kappa shape index (κ2) is 6.35. The molecule has 0 fully saturated rings. The third-order valence-electron chi connectivity index (χ3n) is 2.00. The van der Waals surface area contributed by atoms with Gasteiger partial charge in [-0.25, -0.2) is 13.1 Å². The molecular formula is C10H11ClN3O3S+. The zero-order valence-corrected chi connectivity index (χ0v) is 10.8. The maximum atomic E-state index is 11.8. The number of aliphatic hydroxyl groups excluding tert-OH is 1. The fraction of sp³-hybridized carbons (Fsp3) is 0.200. The molecule has 0 aliphatic carbocycles. The SMILES string of the molecule is N#[N+]C=C(O)CCNS(=O)(=O)c1ccc(Cl)cc1. The largest absolute Gasteiger partial charge is 0.505 e. The molecule has 0 radical (unpaired) electrons. The van der Waals surface area contributed by atoms with Crippen LogP contribution in [0.1, 0.15) is 6.42 Å². The third kappa shape index (κ3) is 4.33. The Morgan fingerprint density at radius 1 is 1.44 bits per heavy atom. The fourth-order valence-corrected chi connectivity index (χ4v) is 2.30. The molecule has 0 bridgehead atoms. The van der Waals surface area contributed by atoms with Crippen LogP contribution in [-0.2, 0) is 10.0 Å². The molecule has 1 aromatic carbocycles. The van der Waals surface area contributed by atoms with E-state index in [4.69, 9.17) is 22.1 Å². The Morgan fingerprint density at radius 2 is 2.06 bits per heavy atom. The summed E-state index contributed by atoms with van der Waals surface area (Å²) in [6.45, 7) is -0.0111. The van der Waals surface area contributed by atoms with Gasteiger partial charge >= 0.3 is 6.20 Å². The number of nitrogens with zero attached hydrogens (tertiary/aromatic N) is 2. The molecule has 1 rings (SSSR count). The molecule has 2 N–H and O–H groups in total. The Labute approximate surface area is 110 Å². The summed E-state index contributed by atoms with van der Waals surface area (Å²) in [4.78, 5) is 2.70. The lowest BCUT2D eigenvalue weighted by molar-refractivity contribution is 0.388. The van der Waals surface area contributed by atoms with Crippen molar-refractivity contribution in [2.24, 2.45) is 0 Å². The van der Waals surface area contributed by atoms with Gasteiger partial charge in [0.05, 0.1) is 4.90 Å². The molecule has 0 amide bonds. The summed E-state index contributed by atoms with van der Waals surface area (Å²) in [5.41, 5.74) is 0. The second-order valence-corrected chi connectivity index (χ2v) is 5.54. The van der Waals surface area contributed by atoms with Crippen molar-refractivity contribution in [3.8, 4) is 0 Å². The molecule has 1 aromatic rings. The summed E-state index contributed by atoms with van der Waals surface area (Å²) >= 11 is 5.65. The first-order chi connectivity index (χ1) is 8.45. The quantitative estimate of drug-likeness (QED) is 0.642. The lowest BCUT2D eigenvalue weighted by Gasteiger charge is -2.05. The molecule has 96 valence electrons. The lowest BCUT2D eigenvalue weighted by Crippen LogP contribution is -2.25. The summed E-state index contributed by atoms with van der Waals surface area (Å²) in [6, 6.07) is 5.70. The van der Waals surface area contributed by atoms with Crippen LogP contribution in [0.2, 0.25) is 5.02 Å². The van der Waals surface area contributed by atoms with Crippen molar-refractivity contribution in [2.75, 3.05) is 6.54 Å². The van der Waals surface area contributed by atoms with Gasteiger partial charge in [0.15, 0.2) is 10.7 Å². The van der Waals surface area contributed by atoms with Gasteiger partial charge in [-0.15, -0.1) is 0 Å². The smallest absolute Gasteiger partial charge is 0.387 e. The van der Waals surface area contributed by atoms with Crippen LogP contribution in [0, 0.1) is 5.39 Å². The van der Waals surface area contributed by atoms with E-state index in [1.807, 2.05) is 0 Å². The Morgan fingerprint density at radius 3 is 2.61 bits per heavy atom. The minimum Gasteiger partial charge on any atom is -0.505 e. The normalized spacial score (nSPS) is 12.1. The van der Waals surface area contributed by atoms with Crippen LogP contribution in [0.5, 0.6) is 0 Å². The van der Waals surface area contributed by atoms with Crippen LogP contribution in [-0.4, -0.2) is 20.1 Å². The van der Waals surface area contributed by atoms with Crippen LogP contribution >= 0.6 is 11.6 Å². The lowest BCUT2D eigenvalue weighted by atomic mass is 10.4. The fourth-order valence-electron chi connectivity index (χ4n) is 1.14. The topological polar surface area (TPSA) is 94.5 Å². The van der Waals surface area contributed by atoms with Gasteiger partial charge < -0.3 is 5.11 Å². The van der Waals surface area contributed by atoms with E-state index in [1.165, 1.54) is 24.3 Å². The van der Waals surface area contributed by atoms with Crippen LogP contribution in [0.15, 0.2) is 41.1 Å². The number of aliphatic hydroxyl groups is 1. The second-order valence-electron chi connectivity index (χ2n) is 3.34. The van der Waals surface area contributed by atoms with E-state index >= 15 is 0 Å². The van der Waals surface area contributed by atoms with Gasteiger partial charge in [-0.3, -0.25) is 0 Å². The van der Waals surface area contributed by atoms with Gasteiger partial charge in [-0.1, -0.05) is 11.6 Å². The molecule has 0 unspecified atom stereocenters. The molecule has 0 saturated carbocycles. The summed E-state index contributed by atoms with van der Waals surface area (Å²) in [5, 5.41) is 17.7. The molecule has 0 aromatic heterocycles. The molecule has 0 heterocycles. The van der Waals surface area contributed by atoms with Gasteiger partial charge in [0.2, 0.25) is 15.4 Å². The monoisotopic (exact) mass is 288 g/mol. The average molecular weight is 289 g/mol. The van der Waals surface area contributed by atoms with E-state index in [-0.39, 0.29) is 23.6 Å². The van der Waals surface area contributed by atoms with Crippen LogP contribution in [0.25, 0.3) is 4.98 Å². The number of diazo groups is 1. The highest BCUT2D eigenvalue weighted by Gasteiger charge is 2.13. The molecule has 0 saturated heterocycles. The number of hydrogen-bond donors (Lipinski definition) is 2. The van der Waals surface area contributed by atoms with Crippen molar-refractivity contribution in [3.05, 3.63) is 46.2 Å². The minimum atomic E-state index is -3.63. The molecule has 0 aliphatic rings. The van der Waals surface area contributed by atoms with Crippen molar-refractivity contribution in [1.29, 1.82) is 5.39 Å². The van der Waals surface area contributed by atoms with Gasteiger partial charge in [0.1, 0.15) is 0 Å². The van der Waals surface area contributed by atoms with Gasteiger partial charge in [0, 0.05) is 18.0 Å². The highest BCUT2D eigenvalue weighted by molar-refractivity contribution is 7.89. The van der Waals surface area contributed by atoms with Crippen LogP contribution < -0.4 is 4.72 Å². The Bertz CT molecular complexity index is 575. The van der Waals surface area contributed by atoms with E-state index in [9.17, 15) is 8.42 Å². The number of nitrogens with one attached hydrogen (secondary N) is 1. The van der Waals surface area contributed by atoms with Gasteiger partial charge in [-0.2, -0.15) is 0 Å². The summed E-state index contributed by atoms with van der Waals surface area (Å²) < 4.78 is 25.8. The molecule has 0 atom stereocenters. The van der Waals surface area contributed by atoms with Crippen molar-refractivity contribution in [3.63, 3.8) is 0 Å². The maximum absolute atomic E-state index is 11.8. The highest BCUT2D eigenvalue weighted by Crippen LogP contribution is 2.13.